The van der Waals surface area contributed by atoms with Crippen LogP contribution in [0.4, 0.5) is 0 Å². The number of carbonyl (C=O) groups excluding carboxylic acids is 1. The highest BCUT2D eigenvalue weighted by atomic mass is 32.2. The van der Waals surface area contributed by atoms with Gasteiger partial charge in [-0.05, 0) is 30.7 Å². The molecule has 1 amide bonds. The third-order valence-corrected chi connectivity index (χ3v) is 4.78. The third kappa shape index (κ3) is 5.03. The summed E-state index contributed by atoms with van der Waals surface area (Å²) < 4.78 is 33.8. The summed E-state index contributed by atoms with van der Waals surface area (Å²) >= 11 is 0. The summed E-state index contributed by atoms with van der Waals surface area (Å²) in [6, 6.07) is 4.20. The average molecular weight is 318 g/mol. The molecule has 8 heteroatoms. The zero-order valence-electron chi connectivity index (χ0n) is 11.4. The van der Waals surface area contributed by atoms with E-state index in [0.717, 1.165) is 0 Å². The Morgan fingerprint density at radius 3 is 2.55 bits per heavy atom. The number of aryl methyl sites for hydroxylation is 1. The van der Waals surface area contributed by atoms with Crippen LogP contribution in [0.5, 0.6) is 0 Å². The second kappa shape index (κ2) is 6.96. The summed E-state index contributed by atoms with van der Waals surface area (Å²) in [5.74, 6) is 0.498. The molecule has 0 aliphatic carbocycles. The van der Waals surface area contributed by atoms with Gasteiger partial charge in [0.15, 0.2) is 0 Å². The van der Waals surface area contributed by atoms with Crippen molar-refractivity contribution in [3.05, 3.63) is 29.3 Å². The number of nitrogens with one attached hydrogen (secondary N) is 1. The van der Waals surface area contributed by atoms with E-state index < -0.39 is 26.7 Å². The molecule has 112 valence electrons. The molecular weight excluding hydrogens is 300 g/mol. The number of carbonyl (C=O) groups is 1. The number of primary sulfonamides is 1. The summed E-state index contributed by atoms with van der Waals surface area (Å²) in [4.78, 5) is 11.8. The average Bonchev–Trinajstić information content (AvgIpc) is 2.36. The molecule has 1 unspecified atom stereocenters. The van der Waals surface area contributed by atoms with E-state index in [-0.39, 0.29) is 17.0 Å². The molecule has 0 aliphatic rings. The van der Waals surface area contributed by atoms with Gasteiger partial charge in [-0.25, -0.2) is 13.6 Å². The molecule has 3 N–H and O–H groups in total. The Morgan fingerprint density at radius 1 is 1.35 bits per heavy atom. The second-order valence-corrected chi connectivity index (χ2v) is 7.69. The Hall–Kier alpha value is -1.25. The first kappa shape index (κ1) is 16.8. The summed E-state index contributed by atoms with van der Waals surface area (Å²) in [5.41, 5.74) is 0.843. The zero-order chi connectivity index (χ0) is 15.3. The van der Waals surface area contributed by atoms with E-state index in [1.165, 1.54) is 12.1 Å². The van der Waals surface area contributed by atoms with Crippen LogP contribution in [-0.4, -0.2) is 36.6 Å². The standard InChI is InChI=1S/C12H18N2O4S2/c1-3-19(16)5-4-14-12(15)10-6-9(2)7-11(8-10)20(13,17)18/h6-8H,3-5H2,1-2H3,(H,14,15)(H2,13,17,18). The van der Waals surface area contributed by atoms with E-state index in [1.54, 1.807) is 19.9 Å². The van der Waals surface area contributed by atoms with Gasteiger partial charge in [-0.2, -0.15) is 0 Å². The van der Waals surface area contributed by atoms with E-state index in [4.69, 9.17) is 5.14 Å². The lowest BCUT2D eigenvalue weighted by Crippen LogP contribution is -2.28. The van der Waals surface area contributed by atoms with Crippen LogP contribution >= 0.6 is 0 Å². The number of rotatable bonds is 6. The Bertz CT molecular complexity index is 626. The minimum atomic E-state index is -3.85. The molecule has 0 saturated carbocycles. The molecule has 0 aliphatic heterocycles. The molecule has 0 bridgehead atoms. The first-order valence-corrected chi connectivity index (χ1v) is 9.05. The van der Waals surface area contributed by atoms with Crippen molar-refractivity contribution in [3.8, 4) is 0 Å². The fraction of sp³-hybridized carbons (Fsp3) is 0.417. The largest absolute Gasteiger partial charge is 0.351 e. The SMILES string of the molecule is CCS(=O)CCNC(=O)c1cc(C)cc(S(N)(=O)=O)c1. The molecular formula is C12H18N2O4S2. The molecule has 1 atom stereocenters. The van der Waals surface area contributed by atoms with Crippen LogP contribution in [0, 0.1) is 6.92 Å². The first-order valence-electron chi connectivity index (χ1n) is 6.01. The van der Waals surface area contributed by atoms with E-state index in [2.05, 4.69) is 5.32 Å². The topological polar surface area (TPSA) is 106 Å². The maximum atomic E-state index is 11.9. The third-order valence-electron chi connectivity index (χ3n) is 2.58. The fourth-order valence-electron chi connectivity index (χ4n) is 1.57. The van der Waals surface area contributed by atoms with Crippen molar-refractivity contribution >= 4 is 26.7 Å². The highest BCUT2D eigenvalue weighted by Gasteiger charge is 2.13. The van der Waals surface area contributed by atoms with Crippen molar-refractivity contribution in [2.45, 2.75) is 18.7 Å². The number of benzene rings is 1. The number of hydrogen-bond donors (Lipinski definition) is 2. The fourth-order valence-corrected chi connectivity index (χ4v) is 2.83. The predicted octanol–water partition coefficient (Wildman–Crippen LogP) is 0.141. The van der Waals surface area contributed by atoms with Crippen LogP contribution in [0.1, 0.15) is 22.8 Å². The van der Waals surface area contributed by atoms with Gasteiger partial charge >= 0.3 is 0 Å². The number of hydrogen-bond acceptors (Lipinski definition) is 4. The molecule has 1 aromatic rings. The molecule has 0 fully saturated rings. The zero-order valence-corrected chi connectivity index (χ0v) is 13.0. The second-order valence-electron chi connectivity index (χ2n) is 4.27. The lowest BCUT2D eigenvalue weighted by Gasteiger charge is -2.07. The Morgan fingerprint density at radius 2 is 2.00 bits per heavy atom. The number of nitrogens with two attached hydrogens (primary N) is 1. The Balaban J connectivity index is 2.83. The number of sulfonamides is 1. The Labute approximate surface area is 121 Å². The van der Waals surface area contributed by atoms with Crippen LogP contribution < -0.4 is 10.5 Å². The van der Waals surface area contributed by atoms with Crippen molar-refractivity contribution in [1.29, 1.82) is 0 Å². The summed E-state index contributed by atoms with van der Waals surface area (Å²) in [6.07, 6.45) is 0. The summed E-state index contributed by atoms with van der Waals surface area (Å²) in [6.45, 7) is 3.76. The molecule has 0 saturated heterocycles. The normalized spacial score (nSPS) is 12.9. The van der Waals surface area contributed by atoms with Crippen LogP contribution in [0.2, 0.25) is 0 Å². The van der Waals surface area contributed by atoms with Gasteiger partial charge in [0.1, 0.15) is 0 Å². The van der Waals surface area contributed by atoms with Gasteiger partial charge < -0.3 is 5.32 Å². The van der Waals surface area contributed by atoms with Crippen molar-refractivity contribution < 1.29 is 17.4 Å². The maximum Gasteiger partial charge on any atom is 0.251 e. The lowest BCUT2D eigenvalue weighted by atomic mass is 10.1. The van der Waals surface area contributed by atoms with Gasteiger partial charge in [0.05, 0.1) is 4.90 Å². The van der Waals surface area contributed by atoms with Crippen LogP contribution in [0.3, 0.4) is 0 Å². The molecule has 0 radical (unpaired) electrons. The highest BCUT2D eigenvalue weighted by Crippen LogP contribution is 2.13. The number of amides is 1. The molecule has 20 heavy (non-hydrogen) atoms. The van der Waals surface area contributed by atoms with Gasteiger partial charge in [-0.3, -0.25) is 9.00 Å². The minimum absolute atomic E-state index is 0.0974. The van der Waals surface area contributed by atoms with Gasteiger partial charge in [0.2, 0.25) is 10.0 Å². The lowest BCUT2D eigenvalue weighted by molar-refractivity contribution is 0.0956. The van der Waals surface area contributed by atoms with Gasteiger partial charge in [0, 0.05) is 34.4 Å². The van der Waals surface area contributed by atoms with Gasteiger partial charge in [0.25, 0.3) is 5.91 Å². The first-order chi connectivity index (χ1) is 9.24. The van der Waals surface area contributed by atoms with Crippen molar-refractivity contribution in [3.63, 3.8) is 0 Å². The van der Waals surface area contributed by atoms with E-state index in [0.29, 0.717) is 17.1 Å². The van der Waals surface area contributed by atoms with Crippen LogP contribution in [-0.2, 0) is 20.8 Å². The Kier molecular flexibility index (Phi) is 5.85. The molecule has 0 spiro atoms. The minimum Gasteiger partial charge on any atom is -0.351 e. The van der Waals surface area contributed by atoms with E-state index in [9.17, 15) is 17.4 Å². The summed E-state index contributed by atoms with van der Waals surface area (Å²) in [7, 11) is -4.80. The molecule has 0 aromatic heterocycles. The van der Waals surface area contributed by atoms with Crippen molar-refractivity contribution in [2.75, 3.05) is 18.1 Å². The van der Waals surface area contributed by atoms with E-state index in [1.807, 2.05) is 0 Å². The molecule has 1 aromatic carbocycles. The smallest absolute Gasteiger partial charge is 0.251 e. The van der Waals surface area contributed by atoms with Gasteiger partial charge in [-0.1, -0.05) is 6.92 Å². The summed E-state index contributed by atoms with van der Waals surface area (Å²) in [5, 5.41) is 7.66. The monoisotopic (exact) mass is 318 g/mol. The van der Waals surface area contributed by atoms with Gasteiger partial charge in [-0.15, -0.1) is 0 Å². The maximum absolute atomic E-state index is 11.9. The molecule has 6 nitrogen and oxygen atoms in total. The van der Waals surface area contributed by atoms with Crippen molar-refractivity contribution in [2.24, 2.45) is 5.14 Å². The van der Waals surface area contributed by atoms with E-state index >= 15 is 0 Å². The highest BCUT2D eigenvalue weighted by molar-refractivity contribution is 7.89. The van der Waals surface area contributed by atoms with Crippen molar-refractivity contribution in [1.82, 2.24) is 5.32 Å². The molecule has 0 heterocycles. The quantitative estimate of drug-likeness (QED) is 0.778. The van der Waals surface area contributed by atoms with Crippen LogP contribution in [0.15, 0.2) is 23.1 Å². The molecule has 1 rings (SSSR count). The van der Waals surface area contributed by atoms with Crippen LogP contribution in [0.25, 0.3) is 0 Å². The predicted molar refractivity (Wildman–Crippen MR) is 78.4 cm³/mol.